The molecule has 0 spiro atoms. The van der Waals surface area contributed by atoms with E-state index in [1.807, 2.05) is 103 Å². The summed E-state index contributed by atoms with van der Waals surface area (Å²) in [5.74, 6) is 0. The molecule has 0 N–H and O–H groups in total. The Balaban J connectivity index is 1.78. The van der Waals surface area contributed by atoms with Gasteiger partial charge < -0.3 is 14.0 Å². The van der Waals surface area contributed by atoms with Gasteiger partial charge in [0.25, 0.3) is 0 Å². The standard InChI is InChI=1S/C24H32BNO4/c1-22(2,3)28-21(27)26(20-11-9-8-10-12-20)17-18-13-15-19(16-14-18)25-29-23(4,5)24(6,7)30-25/h8-16H,17H2,1-7H3. The van der Waals surface area contributed by atoms with Gasteiger partial charge in [0, 0.05) is 5.69 Å². The van der Waals surface area contributed by atoms with Gasteiger partial charge in [-0.3, -0.25) is 4.90 Å². The van der Waals surface area contributed by atoms with Crippen molar-refractivity contribution < 1.29 is 18.8 Å². The molecule has 30 heavy (non-hydrogen) atoms. The van der Waals surface area contributed by atoms with E-state index < -0.39 is 12.7 Å². The quantitative estimate of drug-likeness (QED) is 0.672. The second kappa shape index (κ2) is 8.08. The fraction of sp³-hybridized carbons (Fsp3) is 0.458. The van der Waals surface area contributed by atoms with Gasteiger partial charge in [-0.15, -0.1) is 0 Å². The Labute approximate surface area is 180 Å². The summed E-state index contributed by atoms with van der Waals surface area (Å²) >= 11 is 0. The smallest absolute Gasteiger partial charge is 0.443 e. The predicted molar refractivity (Wildman–Crippen MR) is 121 cm³/mol. The van der Waals surface area contributed by atoms with Crippen LogP contribution in [0.25, 0.3) is 0 Å². The number of nitrogens with zero attached hydrogens (tertiary/aromatic N) is 1. The molecule has 0 aliphatic carbocycles. The van der Waals surface area contributed by atoms with E-state index in [0.717, 1.165) is 16.7 Å². The van der Waals surface area contributed by atoms with E-state index in [1.165, 1.54) is 0 Å². The highest BCUT2D eigenvalue weighted by molar-refractivity contribution is 6.62. The molecule has 1 heterocycles. The Hall–Kier alpha value is -2.31. The lowest BCUT2D eigenvalue weighted by molar-refractivity contribution is 0.00578. The average molecular weight is 409 g/mol. The highest BCUT2D eigenvalue weighted by Gasteiger charge is 2.51. The first-order valence-corrected chi connectivity index (χ1v) is 10.4. The molecular weight excluding hydrogens is 377 g/mol. The van der Waals surface area contributed by atoms with Crippen LogP contribution in [0.4, 0.5) is 10.5 Å². The number of carbonyl (C=O) groups excluding carboxylic acids is 1. The fourth-order valence-corrected chi connectivity index (χ4v) is 3.13. The molecule has 5 nitrogen and oxygen atoms in total. The molecule has 0 radical (unpaired) electrons. The van der Waals surface area contributed by atoms with Crippen molar-refractivity contribution in [1.29, 1.82) is 0 Å². The summed E-state index contributed by atoms with van der Waals surface area (Å²) < 4.78 is 17.9. The van der Waals surface area contributed by atoms with Crippen LogP contribution in [-0.2, 0) is 20.6 Å². The highest BCUT2D eigenvalue weighted by Crippen LogP contribution is 2.36. The van der Waals surface area contributed by atoms with Crippen LogP contribution in [-0.4, -0.2) is 30.0 Å². The minimum atomic E-state index is -0.565. The van der Waals surface area contributed by atoms with E-state index in [0.29, 0.717) is 6.54 Å². The second-order valence-electron chi connectivity index (χ2n) is 9.73. The number of hydrogen-bond donors (Lipinski definition) is 0. The van der Waals surface area contributed by atoms with Crippen molar-refractivity contribution in [3.63, 3.8) is 0 Å². The largest absolute Gasteiger partial charge is 0.494 e. The van der Waals surface area contributed by atoms with Gasteiger partial charge in [-0.2, -0.15) is 0 Å². The molecule has 0 saturated carbocycles. The van der Waals surface area contributed by atoms with Crippen LogP contribution in [0.3, 0.4) is 0 Å². The maximum Gasteiger partial charge on any atom is 0.494 e. The van der Waals surface area contributed by atoms with Gasteiger partial charge in [-0.25, -0.2) is 4.79 Å². The second-order valence-corrected chi connectivity index (χ2v) is 9.73. The van der Waals surface area contributed by atoms with Crippen LogP contribution in [0.1, 0.15) is 54.0 Å². The SMILES string of the molecule is CC(C)(C)OC(=O)N(Cc1ccc(B2OC(C)(C)C(C)(C)O2)cc1)c1ccccc1. The molecular formula is C24H32BNO4. The summed E-state index contributed by atoms with van der Waals surface area (Å²) in [6.07, 6.45) is -0.372. The maximum atomic E-state index is 12.8. The minimum absolute atomic E-state index is 0.372. The third-order valence-electron chi connectivity index (χ3n) is 5.53. The number of amides is 1. The van der Waals surface area contributed by atoms with Gasteiger partial charge in [0.05, 0.1) is 17.7 Å². The molecule has 3 rings (SSSR count). The van der Waals surface area contributed by atoms with E-state index in [2.05, 4.69) is 0 Å². The first kappa shape index (κ1) is 22.4. The van der Waals surface area contributed by atoms with Crippen molar-refractivity contribution in [2.45, 2.75) is 71.8 Å². The topological polar surface area (TPSA) is 48.0 Å². The molecule has 160 valence electrons. The zero-order valence-corrected chi connectivity index (χ0v) is 19.1. The highest BCUT2D eigenvalue weighted by atomic mass is 16.7. The molecule has 0 aromatic heterocycles. The van der Waals surface area contributed by atoms with Crippen LogP contribution in [0.2, 0.25) is 0 Å². The molecule has 6 heteroatoms. The first-order chi connectivity index (χ1) is 13.9. The summed E-state index contributed by atoms with van der Waals surface area (Å²) in [6, 6.07) is 17.6. The summed E-state index contributed by atoms with van der Waals surface area (Å²) in [7, 11) is -0.403. The van der Waals surface area contributed by atoms with Crippen LogP contribution in [0, 0.1) is 0 Å². The van der Waals surface area contributed by atoms with Crippen molar-refractivity contribution in [3.8, 4) is 0 Å². The summed E-state index contributed by atoms with van der Waals surface area (Å²) in [5.41, 5.74) is 1.42. The molecule has 1 fully saturated rings. The maximum absolute atomic E-state index is 12.8. The van der Waals surface area contributed by atoms with E-state index in [1.54, 1.807) is 4.90 Å². The zero-order valence-electron chi connectivity index (χ0n) is 19.1. The molecule has 0 bridgehead atoms. The Morgan fingerprint density at radius 1 is 0.933 bits per heavy atom. The number of anilines is 1. The van der Waals surface area contributed by atoms with Gasteiger partial charge in [0.1, 0.15) is 5.60 Å². The van der Waals surface area contributed by atoms with Crippen LogP contribution < -0.4 is 10.4 Å². The van der Waals surface area contributed by atoms with Crippen LogP contribution in [0.5, 0.6) is 0 Å². The van der Waals surface area contributed by atoms with E-state index in [9.17, 15) is 4.79 Å². The minimum Gasteiger partial charge on any atom is -0.443 e. The van der Waals surface area contributed by atoms with E-state index in [-0.39, 0.29) is 17.3 Å². The third-order valence-corrected chi connectivity index (χ3v) is 5.53. The van der Waals surface area contributed by atoms with Gasteiger partial charge in [-0.05, 0) is 71.6 Å². The Kier molecular flexibility index (Phi) is 6.03. The van der Waals surface area contributed by atoms with Crippen molar-refractivity contribution in [3.05, 3.63) is 60.2 Å². The van der Waals surface area contributed by atoms with Crippen LogP contribution in [0.15, 0.2) is 54.6 Å². The molecule has 1 amide bonds. The Morgan fingerprint density at radius 3 is 1.97 bits per heavy atom. The summed E-state index contributed by atoms with van der Waals surface area (Å²) in [5, 5.41) is 0. The van der Waals surface area contributed by atoms with Gasteiger partial charge >= 0.3 is 13.2 Å². The lowest BCUT2D eigenvalue weighted by Gasteiger charge is -2.32. The average Bonchev–Trinajstić information content (AvgIpc) is 2.87. The Morgan fingerprint density at radius 2 is 1.47 bits per heavy atom. The van der Waals surface area contributed by atoms with E-state index in [4.69, 9.17) is 14.0 Å². The van der Waals surface area contributed by atoms with Gasteiger partial charge in [0.15, 0.2) is 0 Å². The summed E-state index contributed by atoms with van der Waals surface area (Å²) in [4.78, 5) is 14.5. The lowest BCUT2D eigenvalue weighted by atomic mass is 9.79. The number of hydrogen-bond acceptors (Lipinski definition) is 4. The number of rotatable bonds is 4. The van der Waals surface area contributed by atoms with Crippen molar-refractivity contribution in [2.24, 2.45) is 0 Å². The van der Waals surface area contributed by atoms with Crippen molar-refractivity contribution >= 4 is 24.4 Å². The lowest BCUT2D eigenvalue weighted by Crippen LogP contribution is -2.41. The number of para-hydroxylation sites is 1. The van der Waals surface area contributed by atoms with Gasteiger partial charge in [0.2, 0.25) is 0 Å². The fourth-order valence-electron chi connectivity index (χ4n) is 3.13. The Bertz CT molecular complexity index is 856. The predicted octanol–water partition coefficient (Wildman–Crippen LogP) is 4.93. The molecule has 0 unspecified atom stereocenters. The van der Waals surface area contributed by atoms with Gasteiger partial charge in [-0.1, -0.05) is 42.5 Å². The molecule has 2 aromatic rings. The number of benzene rings is 2. The van der Waals surface area contributed by atoms with Crippen molar-refractivity contribution in [1.82, 2.24) is 0 Å². The monoisotopic (exact) mass is 409 g/mol. The first-order valence-electron chi connectivity index (χ1n) is 10.4. The van der Waals surface area contributed by atoms with Crippen LogP contribution >= 0.6 is 0 Å². The molecule has 1 aliphatic rings. The van der Waals surface area contributed by atoms with E-state index >= 15 is 0 Å². The molecule has 0 atom stereocenters. The summed E-state index contributed by atoms with van der Waals surface area (Å²) in [6.45, 7) is 14.2. The molecule has 2 aromatic carbocycles. The molecule has 1 aliphatic heterocycles. The van der Waals surface area contributed by atoms with Crippen molar-refractivity contribution in [2.75, 3.05) is 4.90 Å². The number of carbonyl (C=O) groups is 1. The number of ether oxygens (including phenoxy) is 1. The molecule has 1 saturated heterocycles. The normalized spacial score (nSPS) is 17.6. The third kappa shape index (κ3) is 5.05. The zero-order chi connectivity index (χ0) is 22.2.